The number of piperazine rings is 1. The van der Waals surface area contributed by atoms with Gasteiger partial charge in [0.05, 0.1) is 6.54 Å². The van der Waals surface area contributed by atoms with E-state index in [2.05, 4.69) is 10.4 Å². The van der Waals surface area contributed by atoms with Gasteiger partial charge in [0.2, 0.25) is 5.91 Å². The second-order valence-corrected chi connectivity index (χ2v) is 8.47. The molecular formula is C25H26FN5O2. The molecule has 2 heterocycles. The van der Waals surface area contributed by atoms with Gasteiger partial charge in [0.1, 0.15) is 11.5 Å². The Hall–Kier alpha value is -3.52. The summed E-state index contributed by atoms with van der Waals surface area (Å²) < 4.78 is 16.0. The SMILES string of the molecule is O=C(CN1CCN(C(=O)c2nn(-c3ccccc3F)c3c2CCC3)CC1)Nc1ccccc1. The molecule has 1 aliphatic carbocycles. The van der Waals surface area contributed by atoms with Gasteiger partial charge >= 0.3 is 0 Å². The summed E-state index contributed by atoms with van der Waals surface area (Å²) in [5.74, 6) is -0.532. The monoisotopic (exact) mass is 447 g/mol. The first kappa shape index (κ1) is 21.3. The number of hydrogen-bond acceptors (Lipinski definition) is 4. The number of amides is 2. The lowest BCUT2D eigenvalue weighted by Gasteiger charge is -2.34. The van der Waals surface area contributed by atoms with Gasteiger partial charge in [-0.05, 0) is 43.5 Å². The fourth-order valence-electron chi connectivity index (χ4n) is 4.62. The number of rotatable bonds is 5. The summed E-state index contributed by atoms with van der Waals surface area (Å²) in [6.45, 7) is 2.57. The van der Waals surface area contributed by atoms with Crippen LogP contribution in [0.1, 0.15) is 28.2 Å². The van der Waals surface area contributed by atoms with Crippen molar-refractivity contribution in [3.05, 3.63) is 77.4 Å². The molecule has 0 saturated carbocycles. The van der Waals surface area contributed by atoms with Crippen LogP contribution in [0.2, 0.25) is 0 Å². The van der Waals surface area contributed by atoms with E-state index in [1.165, 1.54) is 6.07 Å². The minimum Gasteiger partial charge on any atom is -0.335 e. The van der Waals surface area contributed by atoms with Crippen LogP contribution < -0.4 is 5.32 Å². The number of hydrogen-bond donors (Lipinski definition) is 1. The molecule has 0 bridgehead atoms. The summed E-state index contributed by atoms with van der Waals surface area (Å²) in [6.07, 6.45) is 2.50. The molecule has 33 heavy (non-hydrogen) atoms. The molecule has 8 heteroatoms. The zero-order valence-corrected chi connectivity index (χ0v) is 18.3. The Labute approximate surface area is 191 Å². The molecule has 1 fully saturated rings. The molecule has 0 atom stereocenters. The second kappa shape index (κ2) is 9.15. The molecule has 1 aromatic heterocycles. The number of nitrogens with one attached hydrogen (secondary N) is 1. The van der Waals surface area contributed by atoms with Gasteiger partial charge in [-0.3, -0.25) is 14.5 Å². The van der Waals surface area contributed by atoms with Crippen LogP contribution in [0.4, 0.5) is 10.1 Å². The van der Waals surface area contributed by atoms with Crippen LogP contribution in [-0.2, 0) is 17.6 Å². The van der Waals surface area contributed by atoms with E-state index < -0.39 is 0 Å². The van der Waals surface area contributed by atoms with E-state index in [4.69, 9.17) is 0 Å². The Morgan fingerprint density at radius 3 is 2.42 bits per heavy atom. The molecule has 5 rings (SSSR count). The van der Waals surface area contributed by atoms with Crippen LogP contribution in [0.5, 0.6) is 0 Å². The van der Waals surface area contributed by atoms with Gasteiger partial charge in [0.25, 0.3) is 5.91 Å². The third-order valence-corrected chi connectivity index (χ3v) is 6.30. The topological polar surface area (TPSA) is 70.5 Å². The van der Waals surface area contributed by atoms with Gasteiger partial charge in [-0.15, -0.1) is 0 Å². The molecular weight excluding hydrogens is 421 g/mol. The van der Waals surface area contributed by atoms with E-state index in [0.717, 1.165) is 36.2 Å². The van der Waals surface area contributed by atoms with E-state index in [1.54, 1.807) is 27.8 Å². The van der Waals surface area contributed by atoms with Crippen molar-refractivity contribution >= 4 is 17.5 Å². The van der Waals surface area contributed by atoms with Crippen molar-refractivity contribution < 1.29 is 14.0 Å². The summed E-state index contributed by atoms with van der Waals surface area (Å²) in [5.41, 5.74) is 3.45. The predicted octanol–water partition coefficient (Wildman–Crippen LogP) is 2.90. The number of fused-ring (bicyclic) bond motifs is 1. The summed E-state index contributed by atoms with van der Waals surface area (Å²) in [5, 5.41) is 7.46. The molecule has 0 spiro atoms. The Balaban J connectivity index is 1.24. The molecule has 0 unspecified atom stereocenters. The lowest BCUT2D eigenvalue weighted by Crippen LogP contribution is -2.50. The number of carbonyl (C=O) groups excluding carboxylic acids is 2. The zero-order valence-electron chi connectivity index (χ0n) is 18.3. The van der Waals surface area contributed by atoms with Crippen molar-refractivity contribution in [3.63, 3.8) is 0 Å². The first-order chi connectivity index (χ1) is 16.1. The number of halogens is 1. The van der Waals surface area contributed by atoms with E-state index >= 15 is 0 Å². The van der Waals surface area contributed by atoms with E-state index in [0.29, 0.717) is 37.6 Å². The highest BCUT2D eigenvalue weighted by atomic mass is 19.1. The smallest absolute Gasteiger partial charge is 0.274 e. The molecule has 1 aliphatic heterocycles. The van der Waals surface area contributed by atoms with Gasteiger partial charge in [0, 0.05) is 43.1 Å². The van der Waals surface area contributed by atoms with Crippen LogP contribution in [0.15, 0.2) is 54.6 Å². The predicted molar refractivity (Wildman–Crippen MR) is 123 cm³/mol. The maximum Gasteiger partial charge on any atom is 0.274 e. The van der Waals surface area contributed by atoms with Crippen molar-refractivity contribution in [2.75, 3.05) is 38.0 Å². The van der Waals surface area contributed by atoms with Crippen LogP contribution in [0, 0.1) is 5.82 Å². The van der Waals surface area contributed by atoms with Crippen LogP contribution in [0.25, 0.3) is 5.69 Å². The van der Waals surface area contributed by atoms with Gasteiger partial charge in [-0.25, -0.2) is 9.07 Å². The first-order valence-electron chi connectivity index (χ1n) is 11.3. The lowest BCUT2D eigenvalue weighted by atomic mass is 10.1. The highest BCUT2D eigenvalue weighted by Gasteiger charge is 2.31. The molecule has 170 valence electrons. The van der Waals surface area contributed by atoms with E-state index in [9.17, 15) is 14.0 Å². The molecule has 2 amide bonds. The summed E-state index contributed by atoms with van der Waals surface area (Å²) in [6, 6.07) is 15.9. The van der Waals surface area contributed by atoms with Crippen molar-refractivity contribution in [2.24, 2.45) is 0 Å². The van der Waals surface area contributed by atoms with Gasteiger partial charge in [-0.2, -0.15) is 5.10 Å². The fraction of sp³-hybridized carbons (Fsp3) is 0.320. The van der Waals surface area contributed by atoms with Crippen LogP contribution >= 0.6 is 0 Å². The molecule has 3 aromatic rings. The normalized spacial score (nSPS) is 16.0. The highest BCUT2D eigenvalue weighted by Crippen LogP contribution is 2.29. The average molecular weight is 448 g/mol. The summed E-state index contributed by atoms with van der Waals surface area (Å²) in [4.78, 5) is 29.5. The standard InChI is InChI=1S/C25H26FN5O2/c26-20-10-4-5-11-22(20)31-21-12-6-9-19(21)24(28-31)25(33)30-15-13-29(14-16-30)17-23(32)27-18-7-2-1-3-8-18/h1-5,7-8,10-11H,6,9,12-17H2,(H,27,32). The maximum atomic E-state index is 14.4. The zero-order chi connectivity index (χ0) is 22.8. The number of benzene rings is 2. The molecule has 2 aromatic carbocycles. The Kier molecular flexibility index (Phi) is 5.92. The quantitative estimate of drug-likeness (QED) is 0.653. The van der Waals surface area contributed by atoms with Crippen LogP contribution in [-0.4, -0.2) is 64.1 Å². The molecule has 7 nitrogen and oxygen atoms in total. The largest absolute Gasteiger partial charge is 0.335 e. The Bertz CT molecular complexity index is 1170. The van der Waals surface area contributed by atoms with Crippen molar-refractivity contribution in [1.82, 2.24) is 19.6 Å². The second-order valence-electron chi connectivity index (χ2n) is 8.47. The third kappa shape index (κ3) is 4.39. The summed E-state index contributed by atoms with van der Waals surface area (Å²) >= 11 is 0. The van der Waals surface area contributed by atoms with Gasteiger partial charge < -0.3 is 10.2 Å². The number of carbonyl (C=O) groups is 2. The lowest BCUT2D eigenvalue weighted by molar-refractivity contribution is -0.117. The average Bonchev–Trinajstić information content (AvgIpc) is 3.43. The molecule has 0 radical (unpaired) electrons. The number of anilines is 1. The number of aromatic nitrogens is 2. The molecule has 1 saturated heterocycles. The van der Waals surface area contributed by atoms with E-state index in [1.807, 2.05) is 35.2 Å². The first-order valence-corrected chi connectivity index (χ1v) is 11.3. The third-order valence-electron chi connectivity index (χ3n) is 6.30. The summed E-state index contributed by atoms with van der Waals surface area (Å²) in [7, 11) is 0. The van der Waals surface area contributed by atoms with Crippen LogP contribution in [0.3, 0.4) is 0 Å². The Morgan fingerprint density at radius 2 is 1.67 bits per heavy atom. The number of nitrogens with zero attached hydrogens (tertiary/aromatic N) is 4. The molecule has 1 N–H and O–H groups in total. The fourth-order valence-corrected chi connectivity index (χ4v) is 4.62. The number of para-hydroxylation sites is 2. The van der Waals surface area contributed by atoms with Gasteiger partial charge in [0.15, 0.2) is 5.69 Å². The minimum absolute atomic E-state index is 0.0672. The van der Waals surface area contributed by atoms with Gasteiger partial charge in [-0.1, -0.05) is 30.3 Å². The Morgan fingerprint density at radius 1 is 0.939 bits per heavy atom. The van der Waals surface area contributed by atoms with Crippen molar-refractivity contribution in [2.45, 2.75) is 19.3 Å². The van der Waals surface area contributed by atoms with Crippen molar-refractivity contribution in [3.8, 4) is 5.69 Å². The maximum absolute atomic E-state index is 14.4. The van der Waals surface area contributed by atoms with E-state index in [-0.39, 0.29) is 24.2 Å². The highest BCUT2D eigenvalue weighted by molar-refractivity contribution is 5.94. The van der Waals surface area contributed by atoms with Crippen molar-refractivity contribution in [1.29, 1.82) is 0 Å². The molecule has 2 aliphatic rings. The minimum atomic E-state index is -0.351.